The predicted molar refractivity (Wildman–Crippen MR) is 112 cm³/mol. The number of rotatable bonds is 10. The van der Waals surface area contributed by atoms with Crippen LogP contribution in [-0.2, 0) is 17.8 Å². The van der Waals surface area contributed by atoms with Gasteiger partial charge in [0.05, 0.1) is 38.7 Å². The molecule has 0 unspecified atom stereocenters. The predicted octanol–water partition coefficient (Wildman–Crippen LogP) is 3.20. The molecule has 0 aliphatic carbocycles. The Kier molecular flexibility index (Phi) is 6.94. The van der Waals surface area contributed by atoms with Crippen LogP contribution in [0.25, 0.3) is 11.0 Å². The van der Waals surface area contributed by atoms with Crippen LogP contribution in [0.2, 0.25) is 0 Å². The number of carbonyl (C=O) groups excluding carboxylic acids is 1. The number of hydrogen-bond acceptors (Lipinski definition) is 5. The zero-order valence-corrected chi connectivity index (χ0v) is 17.1. The van der Waals surface area contributed by atoms with E-state index in [4.69, 9.17) is 14.2 Å². The van der Waals surface area contributed by atoms with Crippen molar-refractivity contribution in [3.8, 4) is 17.2 Å². The van der Waals surface area contributed by atoms with E-state index in [0.717, 1.165) is 29.6 Å². The number of imidazole rings is 1. The van der Waals surface area contributed by atoms with E-state index in [9.17, 15) is 4.79 Å². The summed E-state index contributed by atoms with van der Waals surface area (Å²) in [5.74, 6) is 1.76. The van der Waals surface area contributed by atoms with Crippen LogP contribution >= 0.6 is 0 Å². The summed E-state index contributed by atoms with van der Waals surface area (Å²) in [6.45, 7) is 1.44. The number of nitrogens with zero attached hydrogens (tertiary/aromatic N) is 2. The summed E-state index contributed by atoms with van der Waals surface area (Å²) in [7, 11) is 4.73. The second-order valence-corrected chi connectivity index (χ2v) is 6.66. The van der Waals surface area contributed by atoms with Crippen molar-refractivity contribution >= 4 is 16.9 Å². The summed E-state index contributed by atoms with van der Waals surface area (Å²) >= 11 is 0. The standard InChI is InChI=1S/C22H27N3O4/c1-27-19-13-16(14-20(28-2)22(19)29-3)9-10-21(26)23-11-6-12-25-15-24-17-7-4-5-8-18(17)25/h4-5,7-8,13-15H,6,9-12H2,1-3H3,(H,23,26). The first kappa shape index (κ1) is 20.5. The van der Waals surface area contributed by atoms with Crippen LogP contribution < -0.4 is 19.5 Å². The molecular weight excluding hydrogens is 370 g/mol. The van der Waals surface area contributed by atoms with Gasteiger partial charge < -0.3 is 24.1 Å². The number of methoxy groups -OCH3 is 3. The number of carbonyl (C=O) groups is 1. The van der Waals surface area contributed by atoms with Crippen LogP contribution in [0.1, 0.15) is 18.4 Å². The van der Waals surface area contributed by atoms with E-state index >= 15 is 0 Å². The van der Waals surface area contributed by atoms with E-state index in [0.29, 0.717) is 36.6 Å². The molecule has 0 saturated heterocycles. The molecule has 154 valence electrons. The highest BCUT2D eigenvalue weighted by molar-refractivity contribution is 5.76. The molecule has 0 aliphatic rings. The Bertz CT molecular complexity index is 943. The van der Waals surface area contributed by atoms with E-state index in [2.05, 4.69) is 20.9 Å². The van der Waals surface area contributed by atoms with Gasteiger partial charge in [-0.05, 0) is 42.7 Å². The lowest BCUT2D eigenvalue weighted by Gasteiger charge is -2.14. The molecule has 3 rings (SSSR count). The van der Waals surface area contributed by atoms with Crippen LogP contribution in [0.4, 0.5) is 0 Å². The third-order valence-corrected chi connectivity index (χ3v) is 4.79. The van der Waals surface area contributed by atoms with Crippen LogP contribution in [0.5, 0.6) is 17.2 Å². The Morgan fingerprint density at radius 3 is 2.48 bits per heavy atom. The minimum atomic E-state index is 0.0224. The largest absolute Gasteiger partial charge is 0.493 e. The van der Waals surface area contributed by atoms with Crippen molar-refractivity contribution in [1.29, 1.82) is 0 Å². The smallest absolute Gasteiger partial charge is 0.220 e. The van der Waals surface area contributed by atoms with Crippen LogP contribution in [-0.4, -0.2) is 43.3 Å². The van der Waals surface area contributed by atoms with Gasteiger partial charge in [0.25, 0.3) is 0 Å². The highest BCUT2D eigenvalue weighted by Gasteiger charge is 2.13. The van der Waals surface area contributed by atoms with Crippen LogP contribution in [0, 0.1) is 0 Å². The second-order valence-electron chi connectivity index (χ2n) is 6.66. The van der Waals surface area contributed by atoms with Crippen molar-refractivity contribution in [3.63, 3.8) is 0 Å². The van der Waals surface area contributed by atoms with E-state index in [1.165, 1.54) is 0 Å². The summed E-state index contributed by atoms with van der Waals surface area (Å²) in [6.07, 6.45) is 3.68. The van der Waals surface area contributed by atoms with E-state index in [-0.39, 0.29) is 5.91 Å². The molecule has 2 aromatic carbocycles. The fourth-order valence-electron chi connectivity index (χ4n) is 3.29. The van der Waals surface area contributed by atoms with Crippen LogP contribution in [0.3, 0.4) is 0 Å². The normalized spacial score (nSPS) is 10.7. The van der Waals surface area contributed by atoms with Crippen molar-refractivity contribution in [3.05, 3.63) is 48.3 Å². The Hall–Kier alpha value is -3.22. The maximum absolute atomic E-state index is 12.2. The zero-order valence-electron chi connectivity index (χ0n) is 17.1. The van der Waals surface area contributed by atoms with Crippen molar-refractivity contribution in [2.45, 2.75) is 25.8 Å². The highest BCUT2D eigenvalue weighted by atomic mass is 16.5. The van der Waals surface area contributed by atoms with Crippen LogP contribution in [0.15, 0.2) is 42.7 Å². The molecule has 29 heavy (non-hydrogen) atoms. The minimum absolute atomic E-state index is 0.0224. The maximum atomic E-state index is 12.2. The number of aryl methyl sites for hydroxylation is 2. The molecule has 0 saturated carbocycles. The molecule has 0 fully saturated rings. The molecule has 7 heteroatoms. The quantitative estimate of drug-likeness (QED) is 0.532. The van der Waals surface area contributed by atoms with Gasteiger partial charge in [0.15, 0.2) is 11.5 Å². The first-order chi connectivity index (χ1) is 14.2. The van der Waals surface area contributed by atoms with E-state index in [1.54, 1.807) is 21.3 Å². The molecule has 0 spiro atoms. The number of fused-ring (bicyclic) bond motifs is 1. The average molecular weight is 397 g/mol. The van der Waals surface area contributed by atoms with Crippen molar-refractivity contribution in [2.24, 2.45) is 0 Å². The fourth-order valence-corrected chi connectivity index (χ4v) is 3.29. The SMILES string of the molecule is COc1cc(CCC(=O)NCCCn2cnc3ccccc32)cc(OC)c1OC. The number of para-hydroxylation sites is 2. The summed E-state index contributed by atoms with van der Waals surface area (Å²) in [4.78, 5) is 16.6. The first-order valence-electron chi connectivity index (χ1n) is 9.61. The molecule has 0 bridgehead atoms. The fraction of sp³-hybridized carbons (Fsp3) is 0.364. The molecule has 3 aromatic rings. The van der Waals surface area contributed by atoms with E-state index < -0.39 is 0 Å². The van der Waals surface area contributed by atoms with Gasteiger partial charge in [0, 0.05) is 19.5 Å². The van der Waals surface area contributed by atoms with Crippen molar-refractivity contribution in [2.75, 3.05) is 27.9 Å². The van der Waals surface area contributed by atoms with Gasteiger partial charge in [-0.25, -0.2) is 4.98 Å². The monoisotopic (exact) mass is 397 g/mol. The summed E-state index contributed by atoms with van der Waals surface area (Å²) in [6, 6.07) is 11.8. The lowest BCUT2D eigenvalue weighted by molar-refractivity contribution is -0.121. The number of ether oxygens (including phenoxy) is 3. The topological polar surface area (TPSA) is 74.6 Å². The second kappa shape index (κ2) is 9.82. The third-order valence-electron chi connectivity index (χ3n) is 4.79. The lowest BCUT2D eigenvalue weighted by atomic mass is 10.1. The molecule has 0 aliphatic heterocycles. The Balaban J connectivity index is 1.46. The number of hydrogen-bond donors (Lipinski definition) is 1. The Morgan fingerprint density at radius 2 is 1.79 bits per heavy atom. The van der Waals surface area contributed by atoms with Gasteiger partial charge in [-0.3, -0.25) is 4.79 Å². The van der Waals surface area contributed by atoms with E-state index in [1.807, 2.05) is 36.7 Å². The lowest BCUT2D eigenvalue weighted by Crippen LogP contribution is -2.25. The van der Waals surface area contributed by atoms with Gasteiger partial charge in [-0.15, -0.1) is 0 Å². The number of amides is 1. The van der Waals surface area contributed by atoms with Gasteiger partial charge in [-0.1, -0.05) is 12.1 Å². The van der Waals surface area contributed by atoms with Gasteiger partial charge >= 0.3 is 0 Å². The molecule has 0 radical (unpaired) electrons. The summed E-state index contributed by atoms with van der Waals surface area (Å²) in [5.41, 5.74) is 3.06. The molecular formula is C22H27N3O4. The molecule has 1 heterocycles. The third kappa shape index (κ3) is 4.99. The average Bonchev–Trinajstić information content (AvgIpc) is 3.17. The maximum Gasteiger partial charge on any atom is 0.220 e. The zero-order chi connectivity index (χ0) is 20.6. The molecule has 1 aromatic heterocycles. The Morgan fingerprint density at radius 1 is 1.07 bits per heavy atom. The minimum Gasteiger partial charge on any atom is -0.493 e. The van der Waals surface area contributed by atoms with Gasteiger partial charge in [-0.2, -0.15) is 0 Å². The Labute approximate surface area is 170 Å². The number of benzene rings is 2. The molecule has 1 amide bonds. The molecule has 7 nitrogen and oxygen atoms in total. The first-order valence-corrected chi connectivity index (χ1v) is 9.61. The summed E-state index contributed by atoms with van der Waals surface area (Å²) in [5, 5.41) is 2.98. The highest BCUT2D eigenvalue weighted by Crippen LogP contribution is 2.38. The molecule has 0 atom stereocenters. The van der Waals surface area contributed by atoms with Crippen molar-refractivity contribution < 1.29 is 19.0 Å². The van der Waals surface area contributed by atoms with Gasteiger partial charge in [0.1, 0.15) is 0 Å². The molecule has 1 N–H and O–H groups in total. The number of aromatic nitrogens is 2. The number of nitrogens with one attached hydrogen (secondary N) is 1. The van der Waals surface area contributed by atoms with Crippen molar-refractivity contribution in [1.82, 2.24) is 14.9 Å². The summed E-state index contributed by atoms with van der Waals surface area (Å²) < 4.78 is 18.2. The van der Waals surface area contributed by atoms with Gasteiger partial charge in [0.2, 0.25) is 11.7 Å².